The van der Waals surface area contributed by atoms with Gasteiger partial charge in [-0.25, -0.2) is 0 Å². The number of β-amino-alcohol motifs (C(OH)–C–C–N with tert-alkyl or cyclic N) is 1. The summed E-state index contributed by atoms with van der Waals surface area (Å²) in [5.74, 6) is 0.216. The maximum Gasteiger partial charge on any atom is 0.224 e. The van der Waals surface area contributed by atoms with Crippen LogP contribution in [0.4, 0.5) is 0 Å². The quantitative estimate of drug-likeness (QED) is 0.748. The molecule has 0 radical (unpaired) electrons. The topological polar surface area (TPSA) is 52.6 Å². The molecule has 1 aliphatic heterocycles. The highest BCUT2D eigenvalue weighted by molar-refractivity contribution is 5.83. The number of amides is 1. The minimum Gasteiger partial charge on any atom is -0.387 e. The van der Waals surface area contributed by atoms with Gasteiger partial charge in [0, 0.05) is 19.6 Å². The van der Waals surface area contributed by atoms with Crippen LogP contribution in [-0.2, 0) is 4.79 Å². The minimum absolute atomic E-state index is 0.0457. The molecule has 0 saturated carbocycles. The first kappa shape index (κ1) is 18.9. The molecule has 0 bridgehead atoms. The molecular formula is C22H30N2O2. The first-order valence-electron chi connectivity index (χ1n) is 9.84. The molecule has 0 unspecified atom stereocenters. The second-order valence-electron chi connectivity index (χ2n) is 7.37. The zero-order valence-electron chi connectivity index (χ0n) is 15.7. The molecule has 0 aliphatic carbocycles. The standard InChI is InChI=1S/C22H30N2O2/c1-2-3-12-23-22(26)20-9-6-13-24(15-20)16-21(25)19-11-10-17-7-4-5-8-18(17)14-19/h4-5,7-8,10-11,14,20-21,25H,2-3,6,9,12-13,15-16H2,1H3,(H,23,26)/t20-,21-/m0/s1. The van der Waals surface area contributed by atoms with Crippen molar-refractivity contribution in [2.45, 2.75) is 38.7 Å². The molecular weight excluding hydrogens is 324 g/mol. The van der Waals surface area contributed by atoms with Crippen LogP contribution in [0, 0.1) is 5.92 Å². The zero-order chi connectivity index (χ0) is 18.4. The van der Waals surface area contributed by atoms with Crippen LogP contribution in [0.1, 0.15) is 44.3 Å². The van der Waals surface area contributed by atoms with Gasteiger partial charge in [0.2, 0.25) is 5.91 Å². The Morgan fingerprint density at radius 2 is 2.08 bits per heavy atom. The number of nitrogens with one attached hydrogen (secondary N) is 1. The molecule has 4 nitrogen and oxygen atoms in total. The van der Waals surface area contributed by atoms with Crippen LogP contribution in [0.3, 0.4) is 0 Å². The molecule has 1 amide bonds. The first-order valence-corrected chi connectivity index (χ1v) is 9.84. The molecule has 3 rings (SSSR count). The van der Waals surface area contributed by atoms with Crippen LogP contribution < -0.4 is 5.32 Å². The highest BCUT2D eigenvalue weighted by atomic mass is 16.3. The van der Waals surface area contributed by atoms with Crippen molar-refractivity contribution in [2.75, 3.05) is 26.2 Å². The lowest BCUT2D eigenvalue weighted by molar-refractivity contribution is -0.126. The summed E-state index contributed by atoms with van der Waals surface area (Å²) in [6, 6.07) is 14.3. The lowest BCUT2D eigenvalue weighted by Crippen LogP contribution is -2.44. The number of hydrogen-bond acceptors (Lipinski definition) is 3. The molecule has 1 aliphatic rings. The number of unbranched alkanes of at least 4 members (excludes halogenated alkanes) is 1. The Hall–Kier alpha value is -1.91. The number of carbonyl (C=O) groups is 1. The highest BCUT2D eigenvalue weighted by Gasteiger charge is 2.26. The maximum atomic E-state index is 12.3. The van der Waals surface area contributed by atoms with Gasteiger partial charge in [0.1, 0.15) is 0 Å². The SMILES string of the molecule is CCCCNC(=O)[C@H]1CCCN(C[C@H](O)c2ccc3ccccc3c2)C1. The van der Waals surface area contributed by atoms with Crippen molar-refractivity contribution in [2.24, 2.45) is 5.92 Å². The van der Waals surface area contributed by atoms with Crippen molar-refractivity contribution in [3.05, 3.63) is 48.0 Å². The van der Waals surface area contributed by atoms with E-state index in [1.165, 1.54) is 5.39 Å². The summed E-state index contributed by atoms with van der Waals surface area (Å²) in [6.07, 6.45) is 3.55. The van der Waals surface area contributed by atoms with E-state index in [9.17, 15) is 9.90 Å². The monoisotopic (exact) mass is 354 g/mol. The molecule has 26 heavy (non-hydrogen) atoms. The highest BCUT2D eigenvalue weighted by Crippen LogP contribution is 2.23. The van der Waals surface area contributed by atoms with Gasteiger partial charge in [-0.05, 0) is 48.2 Å². The van der Waals surface area contributed by atoms with Crippen LogP contribution in [-0.4, -0.2) is 42.1 Å². The maximum absolute atomic E-state index is 12.3. The van der Waals surface area contributed by atoms with Crippen molar-refractivity contribution < 1.29 is 9.90 Å². The number of aliphatic hydroxyl groups excluding tert-OH is 1. The van der Waals surface area contributed by atoms with Crippen molar-refractivity contribution in [1.82, 2.24) is 10.2 Å². The molecule has 2 N–H and O–H groups in total. The predicted octanol–water partition coefficient (Wildman–Crippen LogP) is 3.50. The molecule has 4 heteroatoms. The number of piperidine rings is 1. The van der Waals surface area contributed by atoms with Crippen molar-refractivity contribution in [3.63, 3.8) is 0 Å². The Morgan fingerprint density at radius 3 is 2.88 bits per heavy atom. The Kier molecular flexibility index (Phi) is 6.64. The number of fused-ring (bicyclic) bond motifs is 1. The van der Waals surface area contributed by atoms with Crippen LogP contribution in [0.2, 0.25) is 0 Å². The zero-order valence-corrected chi connectivity index (χ0v) is 15.7. The van der Waals surface area contributed by atoms with E-state index < -0.39 is 6.10 Å². The summed E-state index contributed by atoms with van der Waals surface area (Å²) in [5, 5.41) is 16.1. The summed E-state index contributed by atoms with van der Waals surface area (Å²) in [5.41, 5.74) is 0.943. The fourth-order valence-corrected chi connectivity index (χ4v) is 3.73. The van der Waals surface area contributed by atoms with Gasteiger partial charge in [-0.2, -0.15) is 0 Å². The van der Waals surface area contributed by atoms with E-state index in [-0.39, 0.29) is 11.8 Å². The fourth-order valence-electron chi connectivity index (χ4n) is 3.73. The Bertz CT molecular complexity index is 731. The van der Waals surface area contributed by atoms with Gasteiger partial charge in [0.05, 0.1) is 12.0 Å². The van der Waals surface area contributed by atoms with Gasteiger partial charge >= 0.3 is 0 Å². The van der Waals surface area contributed by atoms with Crippen LogP contribution in [0.5, 0.6) is 0 Å². The van der Waals surface area contributed by atoms with Crippen molar-refractivity contribution >= 4 is 16.7 Å². The van der Waals surface area contributed by atoms with Crippen molar-refractivity contribution in [1.29, 1.82) is 0 Å². The third-order valence-electron chi connectivity index (χ3n) is 5.30. The van der Waals surface area contributed by atoms with Crippen LogP contribution >= 0.6 is 0 Å². The number of rotatable bonds is 7. The molecule has 1 saturated heterocycles. The minimum atomic E-state index is -0.526. The number of benzene rings is 2. The molecule has 1 fully saturated rings. The fraction of sp³-hybridized carbons (Fsp3) is 0.500. The van der Waals surface area contributed by atoms with E-state index in [2.05, 4.69) is 41.4 Å². The third kappa shape index (κ3) is 4.83. The second-order valence-corrected chi connectivity index (χ2v) is 7.37. The Labute approximate surface area is 156 Å². The van der Waals surface area contributed by atoms with Gasteiger partial charge in [0.25, 0.3) is 0 Å². The Morgan fingerprint density at radius 1 is 1.27 bits per heavy atom. The summed E-state index contributed by atoms with van der Waals surface area (Å²) in [6.45, 7) is 5.16. The van der Waals surface area contributed by atoms with E-state index in [1.807, 2.05) is 18.2 Å². The lowest BCUT2D eigenvalue weighted by atomic mass is 9.96. The second kappa shape index (κ2) is 9.15. The number of nitrogens with zero attached hydrogens (tertiary/aromatic N) is 1. The van der Waals surface area contributed by atoms with Gasteiger partial charge in [-0.15, -0.1) is 0 Å². The number of carbonyl (C=O) groups excluding carboxylic acids is 1. The van der Waals surface area contributed by atoms with E-state index in [4.69, 9.17) is 0 Å². The summed E-state index contributed by atoms with van der Waals surface area (Å²) < 4.78 is 0. The predicted molar refractivity (Wildman–Crippen MR) is 106 cm³/mol. The number of aliphatic hydroxyl groups is 1. The normalized spacial score (nSPS) is 19.4. The van der Waals surface area contributed by atoms with Gasteiger partial charge < -0.3 is 10.4 Å². The molecule has 2 atom stereocenters. The first-order chi connectivity index (χ1) is 12.7. The van der Waals surface area contributed by atoms with E-state index in [0.717, 1.165) is 56.3 Å². The van der Waals surface area contributed by atoms with Gasteiger partial charge in [-0.3, -0.25) is 9.69 Å². The van der Waals surface area contributed by atoms with Crippen LogP contribution in [0.15, 0.2) is 42.5 Å². The molecule has 1 heterocycles. The summed E-state index contributed by atoms with van der Waals surface area (Å²) in [4.78, 5) is 14.5. The van der Waals surface area contributed by atoms with Crippen molar-refractivity contribution in [3.8, 4) is 0 Å². The molecule has 0 aromatic heterocycles. The van der Waals surface area contributed by atoms with E-state index in [0.29, 0.717) is 6.54 Å². The molecule has 2 aromatic carbocycles. The van der Waals surface area contributed by atoms with E-state index in [1.54, 1.807) is 0 Å². The average Bonchev–Trinajstić information content (AvgIpc) is 2.68. The third-order valence-corrected chi connectivity index (χ3v) is 5.30. The lowest BCUT2D eigenvalue weighted by Gasteiger charge is -2.33. The Balaban J connectivity index is 1.57. The molecule has 0 spiro atoms. The smallest absolute Gasteiger partial charge is 0.224 e. The number of likely N-dealkylation sites (tertiary alicyclic amines) is 1. The number of hydrogen-bond donors (Lipinski definition) is 2. The van der Waals surface area contributed by atoms with Crippen LogP contribution in [0.25, 0.3) is 10.8 Å². The largest absolute Gasteiger partial charge is 0.387 e. The van der Waals surface area contributed by atoms with Gasteiger partial charge in [0.15, 0.2) is 0 Å². The van der Waals surface area contributed by atoms with E-state index >= 15 is 0 Å². The van der Waals surface area contributed by atoms with Gasteiger partial charge in [-0.1, -0.05) is 49.7 Å². The average molecular weight is 354 g/mol. The summed E-state index contributed by atoms with van der Waals surface area (Å²) >= 11 is 0. The molecule has 2 aromatic rings. The summed E-state index contributed by atoms with van der Waals surface area (Å²) in [7, 11) is 0. The molecule has 140 valence electrons.